The minimum absolute atomic E-state index is 0.212. The Kier molecular flexibility index (Phi) is 47.8. The Morgan fingerprint density at radius 3 is 1.17 bits per heavy atom. The molecule has 3 heterocycles. The predicted molar refractivity (Wildman–Crippen MR) is 360 cm³/mol. The first-order valence-electron chi connectivity index (χ1n) is 34.8. The van der Waals surface area contributed by atoms with Crippen molar-refractivity contribution >= 4 is 5.91 Å². The molecule has 17 unspecified atom stereocenters. The van der Waals surface area contributed by atoms with Crippen molar-refractivity contribution in [1.29, 1.82) is 0 Å². The van der Waals surface area contributed by atoms with Gasteiger partial charge in [0.15, 0.2) is 18.9 Å². The third-order valence-electron chi connectivity index (χ3n) is 16.5. The third kappa shape index (κ3) is 34.7. The van der Waals surface area contributed by atoms with Gasteiger partial charge in [-0.15, -0.1) is 0 Å². The Balaban J connectivity index is 1.41. The largest absolute Gasteiger partial charge is 0.394 e. The van der Waals surface area contributed by atoms with Gasteiger partial charge < -0.3 is 89.9 Å². The van der Waals surface area contributed by atoms with Crippen LogP contribution in [-0.4, -0.2) is 193 Å². The van der Waals surface area contributed by atoms with E-state index in [9.17, 15) is 61.0 Å². The second kappa shape index (κ2) is 53.3. The Morgan fingerprint density at radius 1 is 0.402 bits per heavy atom. The van der Waals surface area contributed by atoms with Crippen molar-refractivity contribution in [3.05, 3.63) is 122 Å². The van der Waals surface area contributed by atoms with Crippen LogP contribution in [0.4, 0.5) is 0 Å². The van der Waals surface area contributed by atoms with Crippen molar-refractivity contribution in [2.45, 2.75) is 304 Å². The van der Waals surface area contributed by atoms with E-state index >= 15 is 0 Å². The number of hydrogen-bond acceptors (Lipinski definition) is 18. The standard InChI is InChI=1S/C73H121NO18/c1-3-5-7-9-11-13-15-17-19-20-21-22-23-24-25-26-27-28-29-30-31-32-33-34-35-36-37-39-41-43-45-47-49-51-61(79)74-56(57(78)50-48-46-44-42-40-38-18-16-14-12-10-8-6-4-2)55-87-71-67(85)64(82)69(59(53-76)89-71)92-73-68(86)65(83)70(60(54-77)90-73)91-72-66(84)63(81)62(80)58(52-75)88-72/h5,7,11,13,17,19,21-22,24-25,27-28,30-31,33-34,36-37,48,50,56-60,62-73,75-78,80-86H,3-4,6,8-10,12,14-16,18,20,23,26,29,32,35,38-47,49,51-55H2,1-2H3,(H,74,79)/b7-5-,13-11-,19-17-,22-21-,25-24-,28-27-,31-30-,34-33-,37-36-,50-48+. The molecular formula is C73H121NO18. The van der Waals surface area contributed by atoms with Gasteiger partial charge in [-0.25, -0.2) is 0 Å². The molecule has 0 aromatic rings. The molecule has 526 valence electrons. The maximum absolute atomic E-state index is 13.4. The van der Waals surface area contributed by atoms with E-state index in [4.69, 9.17) is 28.4 Å². The summed E-state index contributed by atoms with van der Waals surface area (Å²) in [7, 11) is 0. The van der Waals surface area contributed by atoms with E-state index in [2.05, 4.69) is 129 Å². The van der Waals surface area contributed by atoms with E-state index in [0.717, 1.165) is 116 Å². The van der Waals surface area contributed by atoms with Crippen LogP contribution in [0.15, 0.2) is 122 Å². The van der Waals surface area contributed by atoms with Gasteiger partial charge in [0.05, 0.1) is 38.6 Å². The van der Waals surface area contributed by atoms with Crippen LogP contribution in [0.3, 0.4) is 0 Å². The highest BCUT2D eigenvalue weighted by Gasteiger charge is 2.53. The summed E-state index contributed by atoms with van der Waals surface area (Å²) < 4.78 is 34.3. The van der Waals surface area contributed by atoms with E-state index in [1.807, 2.05) is 6.08 Å². The number of carbonyl (C=O) groups excluding carboxylic acids is 1. The molecule has 3 rings (SSSR count). The minimum Gasteiger partial charge on any atom is -0.394 e. The number of rotatable bonds is 51. The van der Waals surface area contributed by atoms with Crippen LogP contribution in [0, 0.1) is 0 Å². The zero-order valence-electron chi connectivity index (χ0n) is 55.5. The summed E-state index contributed by atoms with van der Waals surface area (Å²) in [6, 6.07) is -0.992. The number of amides is 1. The molecule has 0 spiro atoms. The van der Waals surface area contributed by atoms with Crippen LogP contribution >= 0.6 is 0 Å². The Labute approximate surface area is 550 Å². The second-order valence-electron chi connectivity index (χ2n) is 24.3. The molecule has 3 saturated heterocycles. The van der Waals surface area contributed by atoms with Crippen LogP contribution in [0.1, 0.15) is 200 Å². The fourth-order valence-corrected chi connectivity index (χ4v) is 10.9. The molecule has 3 aliphatic heterocycles. The Bertz CT molecular complexity index is 2140. The van der Waals surface area contributed by atoms with Crippen LogP contribution in [0.5, 0.6) is 0 Å². The average Bonchev–Trinajstić information content (AvgIpc) is 0.840. The zero-order valence-corrected chi connectivity index (χ0v) is 55.5. The van der Waals surface area contributed by atoms with Gasteiger partial charge in [-0.3, -0.25) is 4.79 Å². The van der Waals surface area contributed by atoms with Gasteiger partial charge in [-0.2, -0.15) is 0 Å². The number of carbonyl (C=O) groups is 1. The van der Waals surface area contributed by atoms with Gasteiger partial charge >= 0.3 is 0 Å². The summed E-state index contributed by atoms with van der Waals surface area (Å²) >= 11 is 0. The van der Waals surface area contributed by atoms with E-state index in [1.54, 1.807) is 6.08 Å². The summed E-state index contributed by atoms with van der Waals surface area (Å²) in [6.07, 6.45) is 46.0. The van der Waals surface area contributed by atoms with Gasteiger partial charge in [0.1, 0.15) is 73.2 Å². The lowest BCUT2D eigenvalue weighted by atomic mass is 9.96. The summed E-state index contributed by atoms with van der Waals surface area (Å²) in [4.78, 5) is 13.4. The lowest BCUT2D eigenvalue weighted by Gasteiger charge is -2.48. The Hall–Kier alpha value is -3.81. The van der Waals surface area contributed by atoms with E-state index in [1.165, 1.54) is 57.8 Å². The number of allylic oxidation sites excluding steroid dienone is 19. The van der Waals surface area contributed by atoms with Gasteiger partial charge in [-0.05, 0) is 89.9 Å². The molecule has 3 fully saturated rings. The normalized spacial score (nSPS) is 28.5. The highest BCUT2D eigenvalue weighted by Crippen LogP contribution is 2.33. The molecule has 0 aromatic heterocycles. The molecule has 19 heteroatoms. The van der Waals surface area contributed by atoms with Gasteiger partial charge in [0, 0.05) is 6.42 Å². The predicted octanol–water partition coefficient (Wildman–Crippen LogP) is 9.21. The maximum atomic E-state index is 13.4. The first-order valence-corrected chi connectivity index (χ1v) is 34.8. The monoisotopic (exact) mass is 1300 g/mol. The van der Waals surface area contributed by atoms with Crippen LogP contribution < -0.4 is 5.32 Å². The van der Waals surface area contributed by atoms with Gasteiger partial charge in [0.25, 0.3) is 0 Å². The number of aliphatic hydroxyl groups is 11. The average molecular weight is 1300 g/mol. The first-order chi connectivity index (χ1) is 44.8. The van der Waals surface area contributed by atoms with Crippen LogP contribution in [-0.2, 0) is 33.2 Å². The van der Waals surface area contributed by atoms with Crippen molar-refractivity contribution in [2.75, 3.05) is 26.4 Å². The summed E-state index contributed by atoms with van der Waals surface area (Å²) in [5.41, 5.74) is 0. The smallest absolute Gasteiger partial charge is 0.220 e. The molecule has 17 atom stereocenters. The molecule has 92 heavy (non-hydrogen) atoms. The number of ether oxygens (including phenoxy) is 6. The maximum Gasteiger partial charge on any atom is 0.220 e. The number of nitrogens with one attached hydrogen (secondary N) is 1. The van der Waals surface area contributed by atoms with Crippen LogP contribution in [0.2, 0.25) is 0 Å². The molecule has 0 bridgehead atoms. The lowest BCUT2D eigenvalue weighted by Crippen LogP contribution is -2.66. The fourth-order valence-electron chi connectivity index (χ4n) is 10.9. The highest BCUT2D eigenvalue weighted by atomic mass is 16.8. The molecular weight excluding hydrogens is 1180 g/mol. The van der Waals surface area contributed by atoms with Crippen molar-refractivity contribution in [3.8, 4) is 0 Å². The highest BCUT2D eigenvalue weighted by molar-refractivity contribution is 5.76. The third-order valence-corrected chi connectivity index (χ3v) is 16.5. The van der Waals surface area contributed by atoms with E-state index < -0.39 is 124 Å². The van der Waals surface area contributed by atoms with Crippen LogP contribution in [0.25, 0.3) is 0 Å². The van der Waals surface area contributed by atoms with Crippen molar-refractivity contribution in [1.82, 2.24) is 5.32 Å². The quantitative estimate of drug-likeness (QED) is 0.0199. The van der Waals surface area contributed by atoms with Gasteiger partial charge in [-0.1, -0.05) is 225 Å². The summed E-state index contributed by atoms with van der Waals surface area (Å²) in [5, 5.41) is 120. The van der Waals surface area contributed by atoms with Crippen molar-refractivity contribution in [3.63, 3.8) is 0 Å². The fraction of sp³-hybridized carbons (Fsp3) is 0.712. The second-order valence-corrected chi connectivity index (χ2v) is 24.3. The number of hydrogen-bond donors (Lipinski definition) is 12. The SMILES string of the molecule is CC/C=C\C/C=C\C/C=C\C/C=C\C/C=C\C/C=C\C/C=C\C/C=C\C/C=C\CCCCCCCC(=O)NC(COC1OC(CO)C(OC2OC(CO)C(OC3OC(CO)C(O)C(O)C3O)C(O)C2O)C(O)C1O)C(O)/C=C/CCCCCCCCCCCCCC. The van der Waals surface area contributed by atoms with E-state index in [0.29, 0.717) is 6.42 Å². The zero-order chi connectivity index (χ0) is 66.8. The summed E-state index contributed by atoms with van der Waals surface area (Å²) in [6.45, 7) is 1.57. The first kappa shape index (κ1) is 82.4. The molecule has 19 nitrogen and oxygen atoms in total. The molecule has 3 aliphatic rings. The van der Waals surface area contributed by atoms with Crippen molar-refractivity contribution in [2.24, 2.45) is 0 Å². The molecule has 0 saturated carbocycles. The molecule has 1 amide bonds. The minimum atomic E-state index is -1.99. The number of aliphatic hydroxyl groups excluding tert-OH is 11. The lowest BCUT2D eigenvalue weighted by molar-refractivity contribution is -0.379. The topological polar surface area (TPSA) is 307 Å². The number of unbranched alkanes of at least 4 members (excludes halogenated alkanes) is 17. The molecule has 0 aliphatic carbocycles. The summed E-state index contributed by atoms with van der Waals surface area (Å²) in [5.74, 6) is -0.301. The Morgan fingerprint density at radius 2 is 0.750 bits per heavy atom. The van der Waals surface area contributed by atoms with E-state index in [-0.39, 0.29) is 18.9 Å². The molecule has 0 radical (unpaired) electrons. The van der Waals surface area contributed by atoms with Crippen molar-refractivity contribution < 1.29 is 89.4 Å². The van der Waals surface area contributed by atoms with Gasteiger partial charge in [0.2, 0.25) is 5.91 Å². The molecule has 12 N–H and O–H groups in total. The molecule has 0 aromatic carbocycles.